The number of nitrogens with one attached hydrogen (secondary N) is 1. The highest BCUT2D eigenvalue weighted by molar-refractivity contribution is 7.98. The van der Waals surface area contributed by atoms with Crippen LogP contribution >= 0.6 is 11.8 Å². The zero-order valence-electron chi connectivity index (χ0n) is 12.9. The van der Waals surface area contributed by atoms with Crippen molar-refractivity contribution in [1.29, 1.82) is 5.26 Å². The minimum atomic E-state index is 0.00354. The van der Waals surface area contributed by atoms with Crippen LogP contribution in [0.3, 0.4) is 0 Å². The number of rotatable bonds is 5. The largest absolute Gasteiger partial charge is 0.343 e. The van der Waals surface area contributed by atoms with Gasteiger partial charge in [0, 0.05) is 10.8 Å². The third-order valence-corrected chi connectivity index (χ3v) is 4.89. The Bertz CT molecular complexity index is 559. The summed E-state index contributed by atoms with van der Waals surface area (Å²) in [6.07, 6.45) is 10.6. The summed E-state index contributed by atoms with van der Waals surface area (Å²) in [5.74, 6) is 0.296. The van der Waals surface area contributed by atoms with Gasteiger partial charge in [-0.1, -0.05) is 37.1 Å². The maximum absolute atomic E-state index is 12.2. The maximum atomic E-state index is 12.2. The zero-order chi connectivity index (χ0) is 15.8. The van der Waals surface area contributed by atoms with E-state index in [1.807, 2.05) is 6.07 Å². The molecule has 1 aromatic carbocycles. The lowest BCUT2D eigenvalue weighted by atomic mass is 9.78. The molecule has 1 aliphatic rings. The van der Waals surface area contributed by atoms with Crippen molar-refractivity contribution in [2.24, 2.45) is 11.8 Å². The van der Waals surface area contributed by atoms with E-state index in [2.05, 4.69) is 48.0 Å². The number of hydrogen-bond donors (Lipinski definition) is 1. The van der Waals surface area contributed by atoms with E-state index in [0.717, 1.165) is 19.3 Å². The summed E-state index contributed by atoms with van der Waals surface area (Å²) < 4.78 is 0. The number of nitriles is 1. The third kappa shape index (κ3) is 4.64. The summed E-state index contributed by atoms with van der Waals surface area (Å²) >= 11 is 1.73. The van der Waals surface area contributed by atoms with Gasteiger partial charge in [-0.05, 0) is 42.7 Å². The zero-order valence-corrected chi connectivity index (χ0v) is 13.7. The monoisotopic (exact) mass is 314 g/mol. The Labute approximate surface area is 136 Å². The van der Waals surface area contributed by atoms with Crippen LogP contribution in [-0.4, -0.2) is 18.7 Å². The second-order valence-corrected chi connectivity index (χ2v) is 6.44. The second-order valence-electron chi connectivity index (χ2n) is 5.56. The van der Waals surface area contributed by atoms with Crippen LogP contribution in [0.5, 0.6) is 0 Å². The molecule has 0 heterocycles. The topological polar surface area (TPSA) is 52.9 Å². The first kappa shape index (κ1) is 16.6. The smallest absolute Gasteiger partial charge is 0.224 e. The predicted molar refractivity (Wildman–Crippen MR) is 91.3 cm³/mol. The van der Waals surface area contributed by atoms with Gasteiger partial charge in [0.25, 0.3) is 0 Å². The fourth-order valence-electron chi connectivity index (χ4n) is 2.92. The van der Waals surface area contributed by atoms with E-state index in [4.69, 9.17) is 5.26 Å². The van der Waals surface area contributed by atoms with Crippen LogP contribution in [0, 0.1) is 23.2 Å². The third-order valence-electron chi connectivity index (χ3n) is 4.15. The fraction of sp³-hybridized carbons (Fsp3) is 0.444. The van der Waals surface area contributed by atoms with Crippen molar-refractivity contribution in [2.75, 3.05) is 12.8 Å². The summed E-state index contributed by atoms with van der Waals surface area (Å²) in [5.41, 5.74) is 1.17. The van der Waals surface area contributed by atoms with Crippen molar-refractivity contribution >= 4 is 23.7 Å². The van der Waals surface area contributed by atoms with E-state index in [9.17, 15) is 4.79 Å². The van der Waals surface area contributed by atoms with Crippen molar-refractivity contribution < 1.29 is 4.79 Å². The van der Waals surface area contributed by atoms with Gasteiger partial charge >= 0.3 is 0 Å². The lowest BCUT2D eigenvalue weighted by Gasteiger charge is -2.28. The molecule has 1 aliphatic carbocycles. The minimum absolute atomic E-state index is 0.00354. The van der Waals surface area contributed by atoms with Crippen LogP contribution in [0.25, 0.3) is 6.08 Å². The Balaban J connectivity index is 2.02. The Morgan fingerprint density at radius 1 is 1.36 bits per heavy atom. The Morgan fingerprint density at radius 2 is 2.09 bits per heavy atom. The average Bonchev–Trinajstić information content (AvgIpc) is 2.58. The summed E-state index contributed by atoms with van der Waals surface area (Å²) in [7, 11) is 0. The first-order valence-electron chi connectivity index (χ1n) is 7.71. The quantitative estimate of drug-likeness (QED) is 0.663. The molecular weight excluding hydrogens is 292 g/mol. The molecule has 0 saturated heterocycles. The second kappa shape index (κ2) is 8.65. The number of nitrogens with zero attached hydrogens (tertiary/aromatic N) is 1. The molecule has 2 unspecified atom stereocenters. The summed E-state index contributed by atoms with van der Waals surface area (Å²) in [6, 6.07) is 10.4. The molecule has 1 N–H and O–H groups in total. The van der Waals surface area contributed by atoms with E-state index in [-0.39, 0.29) is 24.3 Å². The van der Waals surface area contributed by atoms with Gasteiger partial charge < -0.3 is 5.32 Å². The Hall–Kier alpha value is -1.73. The Morgan fingerprint density at radius 3 is 2.77 bits per heavy atom. The van der Waals surface area contributed by atoms with Crippen LogP contribution < -0.4 is 5.32 Å². The summed E-state index contributed by atoms with van der Waals surface area (Å²) in [4.78, 5) is 13.4. The van der Waals surface area contributed by atoms with Crippen LogP contribution in [-0.2, 0) is 4.79 Å². The predicted octanol–water partition coefficient (Wildman–Crippen LogP) is 3.87. The maximum Gasteiger partial charge on any atom is 0.224 e. The first-order chi connectivity index (χ1) is 10.7. The van der Waals surface area contributed by atoms with Gasteiger partial charge in [0.15, 0.2) is 0 Å². The van der Waals surface area contributed by atoms with Gasteiger partial charge in [0.05, 0.1) is 6.07 Å². The number of amides is 1. The van der Waals surface area contributed by atoms with Crippen LogP contribution in [0.15, 0.2) is 35.2 Å². The molecule has 116 valence electrons. The summed E-state index contributed by atoms with van der Waals surface area (Å²) in [6.45, 7) is 0.0991. The van der Waals surface area contributed by atoms with Crippen LogP contribution in [0.1, 0.15) is 31.2 Å². The molecule has 1 aromatic rings. The number of benzene rings is 1. The van der Waals surface area contributed by atoms with Crippen molar-refractivity contribution in [3.63, 3.8) is 0 Å². The molecule has 1 amide bonds. The molecule has 0 radical (unpaired) electrons. The molecule has 0 aromatic heterocycles. The number of thioether (sulfide) groups is 1. The molecule has 2 atom stereocenters. The van der Waals surface area contributed by atoms with Gasteiger partial charge in [0.1, 0.15) is 6.54 Å². The van der Waals surface area contributed by atoms with E-state index in [1.165, 1.54) is 16.9 Å². The standard InChI is InChI=1S/C18H22N2OS/c1-22-16-10-7-14(8-11-16)6-9-15-4-2-3-5-17(15)18(21)20-13-12-19/h6-11,15,17H,2-5,13H2,1H3,(H,20,21). The number of carbonyl (C=O) groups is 1. The molecule has 0 bridgehead atoms. The molecule has 0 spiro atoms. The van der Waals surface area contributed by atoms with Crippen LogP contribution in [0.2, 0.25) is 0 Å². The lowest BCUT2D eigenvalue weighted by molar-refractivity contribution is -0.126. The highest BCUT2D eigenvalue weighted by Gasteiger charge is 2.28. The lowest BCUT2D eigenvalue weighted by Crippen LogP contribution is -2.36. The molecule has 3 nitrogen and oxygen atoms in total. The molecule has 2 rings (SSSR count). The first-order valence-corrected chi connectivity index (χ1v) is 8.94. The summed E-state index contributed by atoms with van der Waals surface area (Å²) in [5, 5.41) is 11.3. The molecule has 4 heteroatoms. The highest BCUT2D eigenvalue weighted by atomic mass is 32.2. The number of allylic oxidation sites excluding steroid dienone is 1. The van der Waals surface area contributed by atoms with Gasteiger partial charge in [-0.25, -0.2) is 0 Å². The van der Waals surface area contributed by atoms with E-state index >= 15 is 0 Å². The normalized spacial score (nSPS) is 21.5. The Kier molecular flexibility index (Phi) is 6.54. The van der Waals surface area contributed by atoms with E-state index in [0.29, 0.717) is 0 Å². The van der Waals surface area contributed by atoms with Gasteiger partial charge in [0.2, 0.25) is 5.91 Å². The molecule has 1 fully saturated rings. The van der Waals surface area contributed by atoms with Crippen molar-refractivity contribution in [3.8, 4) is 6.07 Å². The van der Waals surface area contributed by atoms with Crippen molar-refractivity contribution in [1.82, 2.24) is 5.32 Å². The number of hydrogen-bond acceptors (Lipinski definition) is 3. The highest BCUT2D eigenvalue weighted by Crippen LogP contribution is 2.31. The minimum Gasteiger partial charge on any atom is -0.343 e. The molecule has 1 saturated carbocycles. The fourth-order valence-corrected chi connectivity index (χ4v) is 3.33. The van der Waals surface area contributed by atoms with Gasteiger partial charge in [-0.3, -0.25) is 4.79 Å². The van der Waals surface area contributed by atoms with E-state index in [1.54, 1.807) is 11.8 Å². The molecular formula is C18H22N2OS. The van der Waals surface area contributed by atoms with Crippen molar-refractivity contribution in [3.05, 3.63) is 35.9 Å². The van der Waals surface area contributed by atoms with Gasteiger partial charge in [-0.15, -0.1) is 11.8 Å². The average molecular weight is 314 g/mol. The van der Waals surface area contributed by atoms with E-state index < -0.39 is 0 Å². The molecule has 22 heavy (non-hydrogen) atoms. The SMILES string of the molecule is CSc1ccc(C=CC2CCCCC2C(=O)NCC#N)cc1. The molecule has 0 aliphatic heterocycles. The van der Waals surface area contributed by atoms with Gasteiger partial charge in [-0.2, -0.15) is 5.26 Å². The number of carbonyl (C=O) groups excluding carboxylic acids is 1. The van der Waals surface area contributed by atoms with Crippen molar-refractivity contribution in [2.45, 2.75) is 30.6 Å². The van der Waals surface area contributed by atoms with Crippen LogP contribution in [0.4, 0.5) is 0 Å².